The molecule has 1 unspecified atom stereocenters. The zero-order valence-corrected chi connectivity index (χ0v) is 11.5. The van der Waals surface area contributed by atoms with E-state index in [1.807, 2.05) is 0 Å². The van der Waals surface area contributed by atoms with Crippen molar-refractivity contribution < 1.29 is 0 Å². The summed E-state index contributed by atoms with van der Waals surface area (Å²) in [6, 6.07) is 15.6. The van der Waals surface area contributed by atoms with Crippen LogP contribution in [0.3, 0.4) is 0 Å². The van der Waals surface area contributed by atoms with E-state index in [4.69, 9.17) is 0 Å². The fraction of sp³-hybridized carbons (Fsp3) is 0.294. The normalized spacial score (nSPS) is 20.9. The van der Waals surface area contributed by atoms with Crippen LogP contribution in [0.15, 0.2) is 42.5 Å². The van der Waals surface area contributed by atoms with Crippen LogP contribution >= 0.6 is 0 Å². The maximum absolute atomic E-state index is 2.33. The minimum atomic E-state index is -0.0159. The third-order valence-corrected chi connectivity index (χ3v) is 4.34. The zero-order chi connectivity index (χ0) is 12.9. The maximum Gasteiger partial charge on any atom is 0.0694 e. The number of hydrogen-bond donors (Lipinski definition) is 0. The number of rotatable bonds is 1. The van der Waals surface area contributed by atoms with Crippen molar-refractivity contribution in [1.82, 2.24) is 4.90 Å². The van der Waals surface area contributed by atoms with Crippen LogP contribution in [0.25, 0.3) is 11.1 Å². The van der Waals surface area contributed by atoms with Crippen molar-refractivity contribution in [2.75, 3.05) is 14.1 Å². The van der Waals surface area contributed by atoms with Gasteiger partial charge < -0.3 is 0 Å². The molecule has 3 rings (SSSR count). The molecule has 2 aromatic carbocycles. The lowest BCUT2D eigenvalue weighted by molar-refractivity contribution is 0.228. The Labute approximate surface area is 109 Å². The Kier molecular flexibility index (Phi) is 2.36. The summed E-state index contributed by atoms with van der Waals surface area (Å²) in [4.78, 5) is 2.32. The standard InChI is InChI=1S/C17H19N/c1-12-9-10-14-13-7-5-6-8-15(13)17(2,18(3)4)16(14)11-12/h5-11H,1-4H3. The molecule has 92 valence electrons. The quantitative estimate of drug-likeness (QED) is 0.729. The van der Waals surface area contributed by atoms with Gasteiger partial charge in [0, 0.05) is 0 Å². The van der Waals surface area contributed by atoms with E-state index in [0.717, 1.165) is 0 Å². The minimum absolute atomic E-state index is 0.0159. The fourth-order valence-corrected chi connectivity index (χ4v) is 3.07. The van der Waals surface area contributed by atoms with Crippen molar-refractivity contribution in [1.29, 1.82) is 0 Å². The van der Waals surface area contributed by atoms with Crippen LogP contribution in [0, 0.1) is 6.92 Å². The third kappa shape index (κ3) is 1.31. The van der Waals surface area contributed by atoms with Gasteiger partial charge in [0.25, 0.3) is 0 Å². The van der Waals surface area contributed by atoms with Crippen LogP contribution in [-0.2, 0) is 5.54 Å². The van der Waals surface area contributed by atoms with Gasteiger partial charge in [0.05, 0.1) is 5.54 Å². The Morgan fingerprint density at radius 3 is 2.28 bits per heavy atom. The highest BCUT2D eigenvalue weighted by Gasteiger charge is 2.40. The molecular weight excluding hydrogens is 218 g/mol. The second kappa shape index (κ2) is 3.69. The molecule has 0 fully saturated rings. The minimum Gasteiger partial charge on any atom is -0.296 e. The van der Waals surface area contributed by atoms with E-state index in [0.29, 0.717) is 0 Å². The molecule has 0 heterocycles. The number of hydrogen-bond acceptors (Lipinski definition) is 1. The van der Waals surface area contributed by atoms with E-state index in [9.17, 15) is 0 Å². The van der Waals surface area contributed by atoms with E-state index in [1.54, 1.807) is 0 Å². The van der Waals surface area contributed by atoms with Crippen molar-refractivity contribution in [3.05, 3.63) is 59.2 Å². The first-order valence-electron chi connectivity index (χ1n) is 6.43. The smallest absolute Gasteiger partial charge is 0.0694 e. The first kappa shape index (κ1) is 11.5. The molecule has 0 amide bonds. The lowest BCUT2D eigenvalue weighted by atomic mass is 9.88. The highest BCUT2D eigenvalue weighted by molar-refractivity contribution is 5.80. The van der Waals surface area contributed by atoms with Gasteiger partial charge in [-0.3, -0.25) is 4.90 Å². The van der Waals surface area contributed by atoms with Gasteiger partial charge in [-0.15, -0.1) is 0 Å². The molecular formula is C17H19N. The molecule has 0 spiro atoms. The van der Waals surface area contributed by atoms with Gasteiger partial charge in [-0.1, -0.05) is 48.0 Å². The molecule has 18 heavy (non-hydrogen) atoms. The Morgan fingerprint density at radius 1 is 0.889 bits per heavy atom. The van der Waals surface area contributed by atoms with E-state index >= 15 is 0 Å². The third-order valence-electron chi connectivity index (χ3n) is 4.34. The molecule has 0 N–H and O–H groups in total. The molecule has 0 saturated heterocycles. The first-order chi connectivity index (χ1) is 8.55. The van der Waals surface area contributed by atoms with Crippen molar-refractivity contribution in [2.24, 2.45) is 0 Å². The molecule has 1 aliphatic carbocycles. The highest BCUT2D eigenvalue weighted by atomic mass is 15.1. The Morgan fingerprint density at radius 2 is 1.56 bits per heavy atom. The summed E-state index contributed by atoms with van der Waals surface area (Å²) in [5.74, 6) is 0. The zero-order valence-electron chi connectivity index (χ0n) is 11.5. The van der Waals surface area contributed by atoms with Crippen LogP contribution in [0.2, 0.25) is 0 Å². The predicted molar refractivity (Wildman–Crippen MR) is 76.8 cm³/mol. The van der Waals surface area contributed by atoms with E-state index in [1.165, 1.54) is 27.8 Å². The average Bonchev–Trinajstić information content (AvgIpc) is 2.61. The van der Waals surface area contributed by atoms with Gasteiger partial charge in [0.2, 0.25) is 0 Å². The lowest BCUT2D eigenvalue weighted by Crippen LogP contribution is -2.37. The summed E-state index contributed by atoms with van der Waals surface area (Å²) >= 11 is 0. The molecule has 1 atom stereocenters. The van der Waals surface area contributed by atoms with Gasteiger partial charge in [0.1, 0.15) is 0 Å². The largest absolute Gasteiger partial charge is 0.296 e. The predicted octanol–water partition coefficient (Wildman–Crippen LogP) is 3.80. The number of aryl methyl sites for hydroxylation is 1. The van der Waals surface area contributed by atoms with Crippen LogP contribution in [0.5, 0.6) is 0 Å². The van der Waals surface area contributed by atoms with Crippen molar-refractivity contribution in [3.8, 4) is 11.1 Å². The SMILES string of the molecule is Cc1ccc2c(c1)C(C)(N(C)C)c1ccccc1-2. The Bertz CT molecular complexity index is 613. The number of fused-ring (bicyclic) bond motifs is 3. The molecule has 0 radical (unpaired) electrons. The van der Waals surface area contributed by atoms with Crippen LogP contribution in [0.1, 0.15) is 23.6 Å². The summed E-state index contributed by atoms with van der Waals surface area (Å²) in [5, 5.41) is 0. The second-order valence-electron chi connectivity index (χ2n) is 5.56. The molecule has 0 aliphatic heterocycles. The summed E-state index contributed by atoms with van der Waals surface area (Å²) in [6.45, 7) is 4.48. The highest BCUT2D eigenvalue weighted by Crippen LogP contribution is 2.49. The van der Waals surface area contributed by atoms with Gasteiger partial charge in [0.15, 0.2) is 0 Å². The van der Waals surface area contributed by atoms with Crippen LogP contribution in [-0.4, -0.2) is 19.0 Å². The van der Waals surface area contributed by atoms with Gasteiger partial charge in [-0.25, -0.2) is 0 Å². The Balaban J connectivity index is 2.39. The first-order valence-corrected chi connectivity index (χ1v) is 6.43. The van der Waals surface area contributed by atoms with Crippen molar-refractivity contribution in [2.45, 2.75) is 19.4 Å². The second-order valence-corrected chi connectivity index (χ2v) is 5.56. The fourth-order valence-electron chi connectivity index (χ4n) is 3.07. The Hall–Kier alpha value is -1.60. The van der Waals surface area contributed by atoms with E-state index in [-0.39, 0.29) is 5.54 Å². The monoisotopic (exact) mass is 237 g/mol. The topological polar surface area (TPSA) is 3.24 Å². The average molecular weight is 237 g/mol. The molecule has 0 bridgehead atoms. The molecule has 0 saturated carbocycles. The molecule has 1 nitrogen and oxygen atoms in total. The van der Waals surface area contributed by atoms with E-state index in [2.05, 4.69) is 75.3 Å². The summed E-state index contributed by atoms with van der Waals surface area (Å²) in [7, 11) is 4.32. The van der Waals surface area contributed by atoms with Gasteiger partial charge >= 0.3 is 0 Å². The van der Waals surface area contributed by atoms with E-state index < -0.39 is 0 Å². The van der Waals surface area contributed by atoms with Crippen LogP contribution in [0.4, 0.5) is 0 Å². The van der Waals surface area contributed by atoms with Gasteiger partial charge in [-0.2, -0.15) is 0 Å². The molecule has 0 aromatic heterocycles. The molecule has 2 aromatic rings. The lowest BCUT2D eigenvalue weighted by Gasteiger charge is -2.35. The molecule has 1 aliphatic rings. The number of benzene rings is 2. The van der Waals surface area contributed by atoms with Crippen molar-refractivity contribution in [3.63, 3.8) is 0 Å². The van der Waals surface area contributed by atoms with Crippen LogP contribution < -0.4 is 0 Å². The van der Waals surface area contributed by atoms with Gasteiger partial charge in [-0.05, 0) is 50.2 Å². The number of nitrogens with zero attached hydrogens (tertiary/aromatic N) is 1. The summed E-state index contributed by atoms with van der Waals surface area (Å²) < 4.78 is 0. The summed E-state index contributed by atoms with van der Waals surface area (Å²) in [6.07, 6.45) is 0. The maximum atomic E-state index is 2.33. The molecule has 1 heteroatoms. The summed E-state index contributed by atoms with van der Waals surface area (Å²) in [5.41, 5.74) is 6.91. The van der Waals surface area contributed by atoms with Crippen molar-refractivity contribution >= 4 is 0 Å².